The van der Waals surface area contributed by atoms with E-state index in [0.29, 0.717) is 6.54 Å². The average Bonchev–Trinajstić information content (AvgIpc) is 2.84. The van der Waals surface area contributed by atoms with Crippen LogP contribution in [-0.2, 0) is 17.6 Å². The minimum Gasteiger partial charge on any atom is -0.381 e. The molecule has 1 heterocycles. The fourth-order valence-corrected chi connectivity index (χ4v) is 3.02. The lowest BCUT2D eigenvalue weighted by Gasteiger charge is -2.00. The summed E-state index contributed by atoms with van der Waals surface area (Å²) in [6.07, 6.45) is 1.76. The number of thiazole rings is 1. The molecule has 19 heavy (non-hydrogen) atoms. The fourth-order valence-electron chi connectivity index (χ4n) is 1.93. The lowest BCUT2D eigenvalue weighted by atomic mass is 10.1. The van der Waals surface area contributed by atoms with Crippen molar-refractivity contribution in [2.45, 2.75) is 19.8 Å². The molecule has 2 rings (SSSR count). The van der Waals surface area contributed by atoms with E-state index in [0.717, 1.165) is 36.8 Å². The number of aromatic nitrogens is 1. The number of hydrogen-bond acceptors (Lipinski definition) is 4. The van der Waals surface area contributed by atoms with Crippen molar-refractivity contribution in [2.75, 3.05) is 19.8 Å². The molecule has 0 aliphatic carbocycles. The van der Waals surface area contributed by atoms with Gasteiger partial charge in [0.15, 0.2) is 0 Å². The highest BCUT2D eigenvalue weighted by atomic mass is 32.1. The van der Waals surface area contributed by atoms with Crippen LogP contribution in [0.4, 0.5) is 0 Å². The Morgan fingerprint density at radius 1 is 1.21 bits per heavy atom. The van der Waals surface area contributed by atoms with E-state index < -0.39 is 0 Å². The highest BCUT2D eigenvalue weighted by Crippen LogP contribution is 2.28. The maximum atomic E-state index is 5.69. The van der Waals surface area contributed by atoms with Crippen LogP contribution >= 0.6 is 11.3 Å². The molecule has 0 aliphatic rings. The molecular formula is C15H20N2OS. The van der Waals surface area contributed by atoms with Crippen LogP contribution in [0.3, 0.4) is 0 Å². The quantitative estimate of drug-likeness (QED) is 0.791. The van der Waals surface area contributed by atoms with Crippen molar-refractivity contribution in [2.24, 2.45) is 5.73 Å². The molecule has 0 amide bonds. The van der Waals surface area contributed by atoms with E-state index in [1.54, 1.807) is 11.3 Å². The Bertz CT molecular complexity index is 496. The molecule has 2 aromatic rings. The van der Waals surface area contributed by atoms with E-state index >= 15 is 0 Å². The SMILES string of the molecule is CCOCCc1nc(-c2ccccc2)c(CCN)s1. The van der Waals surface area contributed by atoms with Crippen molar-refractivity contribution >= 4 is 11.3 Å². The van der Waals surface area contributed by atoms with Crippen LogP contribution in [0.5, 0.6) is 0 Å². The minimum absolute atomic E-state index is 0.660. The zero-order chi connectivity index (χ0) is 13.5. The van der Waals surface area contributed by atoms with E-state index in [9.17, 15) is 0 Å². The van der Waals surface area contributed by atoms with E-state index in [2.05, 4.69) is 12.1 Å². The summed E-state index contributed by atoms with van der Waals surface area (Å²) in [5, 5.41) is 1.13. The van der Waals surface area contributed by atoms with Crippen molar-refractivity contribution in [1.29, 1.82) is 0 Å². The lowest BCUT2D eigenvalue weighted by Crippen LogP contribution is -2.02. The molecule has 0 saturated carbocycles. The Labute approximate surface area is 118 Å². The van der Waals surface area contributed by atoms with Gasteiger partial charge in [0, 0.05) is 23.5 Å². The molecule has 102 valence electrons. The Balaban J connectivity index is 2.21. The third kappa shape index (κ3) is 3.86. The molecule has 1 aromatic carbocycles. The first-order valence-electron chi connectivity index (χ1n) is 6.67. The first-order valence-corrected chi connectivity index (χ1v) is 7.48. The van der Waals surface area contributed by atoms with Gasteiger partial charge in [0.1, 0.15) is 0 Å². The molecule has 0 radical (unpaired) electrons. The van der Waals surface area contributed by atoms with E-state index in [-0.39, 0.29) is 0 Å². The lowest BCUT2D eigenvalue weighted by molar-refractivity contribution is 0.151. The van der Waals surface area contributed by atoms with Crippen molar-refractivity contribution in [3.05, 3.63) is 40.2 Å². The Kier molecular flexibility index (Phi) is 5.51. The predicted octanol–water partition coefficient (Wildman–Crippen LogP) is 2.89. The number of nitrogens with zero attached hydrogens (tertiary/aromatic N) is 1. The molecule has 3 nitrogen and oxygen atoms in total. The largest absolute Gasteiger partial charge is 0.381 e. The highest BCUT2D eigenvalue weighted by Gasteiger charge is 2.12. The van der Waals surface area contributed by atoms with Gasteiger partial charge in [-0.15, -0.1) is 11.3 Å². The maximum absolute atomic E-state index is 5.69. The summed E-state index contributed by atoms with van der Waals surface area (Å²) in [7, 11) is 0. The van der Waals surface area contributed by atoms with Gasteiger partial charge in [-0.05, 0) is 19.9 Å². The third-order valence-electron chi connectivity index (χ3n) is 2.82. The molecule has 1 aromatic heterocycles. The zero-order valence-corrected chi connectivity index (χ0v) is 12.1. The smallest absolute Gasteiger partial charge is 0.0958 e. The van der Waals surface area contributed by atoms with Gasteiger partial charge in [-0.25, -0.2) is 4.98 Å². The fraction of sp³-hybridized carbons (Fsp3) is 0.400. The summed E-state index contributed by atoms with van der Waals surface area (Å²) < 4.78 is 5.39. The van der Waals surface area contributed by atoms with Crippen LogP contribution in [0.1, 0.15) is 16.8 Å². The van der Waals surface area contributed by atoms with Crippen LogP contribution in [0.25, 0.3) is 11.3 Å². The number of hydrogen-bond donors (Lipinski definition) is 1. The predicted molar refractivity (Wildman–Crippen MR) is 80.5 cm³/mol. The van der Waals surface area contributed by atoms with Crippen LogP contribution in [0.2, 0.25) is 0 Å². The number of rotatable bonds is 7. The summed E-state index contributed by atoms with van der Waals surface area (Å²) >= 11 is 1.76. The van der Waals surface area contributed by atoms with Gasteiger partial charge in [-0.3, -0.25) is 0 Å². The molecule has 0 unspecified atom stereocenters. The Morgan fingerprint density at radius 2 is 2.00 bits per heavy atom. The monoisotopic (exact) mass is 276 g/mol. The van der Waals surface area contributed by atoms with Gasteiger partial charge in [-0.1, -0.05) is 30.3 Å². The number of benzene rings is 1. The Hall–Kier alpha value is -1.23. The molecule has 0 bridgehead atoms. The summed E-state index contributed by atoms with van der Waals surface area (Å²) in [4.78, 5) is 6.03. The van der Waals surface area contributed by atoms with Crippen LogP contribution in [0.15, 0.2) is 30.3 Å². The molecule has 0 fully saturated rings. The first kappa shape index (κ1) is 14.2. The van der Waals surface area contributed by atoms with Gasteiger partial charge >= 0.3 is 0 Å². The van der Waals surface area contributed by atoms with Crippen molar-refractivity contribution in [3.8, 4) is 11.3 Å². The van der Waals surface area contributed by atoms with E-state index in [1.807, 2.05) is 25.1 Å². The molecule has 0 saturated heterocycles. The van der Waals surface area contributed by atoms with Gasteiger partial charge in [0.25, 0.3) is 0 Å². The molecule has 0 spiro atoms. The van der Waals surface area contributed by atoms with Crippen molar-refractivity contribution in [1.82, 2.24) is 4.98 Å². The summed E-state index contributed by atoms with van der Waals surface area (Å²) in [5.41, 5.74) is 7.95. The standard InChI is InChI=1S/C15H20N2OS/c1-2-18-11-9-14-17-15(13(19-14)8-10-16)12-6-4-3-5-7-12/h3-7H,2,8-11,16H2,1H3. The van der Waals surface area contributed by atoms with E-state index in [4.69, 9.17) is 15.5 Å². The topological polar surface area (TPSA) is 48.1 Å². The zero-order valence-electron chi connectivity index (χ0n) is 11.3. The van der Waals surface area contributed by atoms with Gasteiger partial charge in [0.05, 0.1) is 17.3 Å². The molecule has 4 heteroatoms. The Morgan fingerprint density at radius 3 is 2.68 bits per heavy atom. The maximum Gasteiger partial charge on any atom is 0.0958 e. The minimum atomic E-state index is 0.660. The summed E-state index contributed by atoms with van der Waals surface area (Å²) in [6, 6.07) is 10.3. The molecule has 0 atom stereocenters. The average molecular weight is 276 g/mol. The normalized spacial score (nSPS) is 10.8. The van der Waals surface area contributed by atoms with Crippen molar-refractivity contribution < 1.29 is 4.74 Å². The third-order valence-corrected chi connectivity index (χ3v) is 4.00. The highest BCUT2D eigenvalue weighted by molar-refractivity contribution is 7.12. The molecule has 0 aliphatic heterocycles. The second-order valence-corrected chi connectivity index (χ2v) is 5.40. The van der Waals surface area contributed by atoms with Gasteiger partial charge in [-0.2, -0.15) is 0 Å². The number of ether oxygens (including phenoxy) is 1. The van der Waals surface area contributed by atoms with Gasteiger partial charge < -0.3 is 10.5 Å². The van der Waals surface area contributed by atoms with Crippen LogP contribution in [0, 0.1) is 0 Å². The van der Waals surface area contributed by atoms with Gasteiger partial charge in [0.2, 0.25) is 0 Å². The van der Waals surface area contributed by atoms with E-state index in [1.165, 1.54) is 10.4 Å². The van der Waals surface area contributed by atoms with Crippen molar-refractivity contribution in [3.63, 3.8) is 0 Å². The van der Waals surface area contributed by atoms with Crippen LogP contribution < -0.4 is 5.73 Å². The first-order chi connectivity index (χ1) is 9.35. The molecular weight excluding hydrogens is 256 g/mol. The second-order valence-electron chi connectivity index (χ2n) is 4.23. The summed E-state index contributed by atoms with van der Waals surface area (Å²) in [6.45, 7) is 4.16. The van der Waals surface area contributed by atoms with Crippen LogP contribution in [-0.4, -0.2) is 24.7 Å². The summed E-state index contributed by atoms with van der Waals surface area (Å²) in [5.74, 6) is 0. The second kappa shape index (κ2) is 7.38. The number of nitrogens with two attached hydrogens (primary N) is 1. The molecule has 2 N–H and O–H groups in total.